The van der Waals surface area contributed by atoms with Crippen LogP contribution in [0, 0.1) is 11.6 Å². The fraction of sp³-hybridized carbons (Fsp3) is 0.318. The molecule has 0 fully saturated rings. The number of pyridine rings is 2. The van der Waals surface area contributed by atoms with Crippen LogP contribution in [0.4, 0.5) is 8.78 Å². The number of nitrogens with two attached hydrogens (primary N) is 1. The van der Waals surface area contributed by atoms with Gasteiger partial charge in [-0.25, -0.2) is 18.6 Å². The van der Waals surface area contributed by atoms with Crippen molar-refractivity contribution in [1.29, 1.82) is 0 Å². The van der Waals surface area contributed by atoms with Crippen LogP contribution in [0.25, 0.3) is 22.3 Å². The summed E-state index contributed by atoms with van der Waals surface area (Å²) in [5, 5.41) is 11.4. The first-order chi connectivity index (χ1) is 14.8. The molecule has 4 heterocycles. The molecule has 31 heavy (non-hydrogen) atoms. The van der Waals surface area contributed by atoms with Gasteiger partial charge in [0.25, 0.3) is 5.56 Å². The zero-order chi connectivity index (χ0) is 22.1. The summed E-state index contributed by atoms with van der Waals surface area (Å²) in [5.41, 5.74) is 6.31. The van der Waals surface area contributed by atoms with Crippen LogP contribution < -0.4 is 11.3 Å². The van der Waals surface area contributed by atoms with Crippen molar-refractivity contribution in [2.24, 2.45) is 5.73 Å². The van der Waals surface area contributed by atoms with Crippen LogP contribution in [0.2, 0.25) is 0 Å². The van der Waals surface area contributed by atoms with Gasteiger partial charge in [-0.3, -0.25) is 4.79 Å². The van der Waals surface area contributed by atoms with Gasteiger partial charge in [0.05, 0.1) is 29.0 Å². The summed E-state index contributed by atoms with van der Waals surface area (Å²) in [5.74, 6) is -2.82. The summed E-state index contributed by atoms with van der Waals surface area (Å²) in [6.07, 6.45) is 0.415. The normalized spacial score (nSPS) is 19.2. The molecule has 3 N–H and O–H groups in total. The van der Waals surface area contributed by atoms with E-state index in [1.807, 2.05) is 0 Å². The number of aromatic nitrogens is 2. The number of hydrogen-bond donors (Lipinski definition) is 2. The number of halogens is 2. The van der Waals surface area contributed by atoms with Gasteiger partial charge >= 0.3 is 5.97 Å². The van der Waals surface area contributed by atoms with E-state index in [9.17, 15) is 23.5 Å². The number of cyclic esters (lactones) is 1. The molecule has 9 heteroatoms. The van der Waals surface area contributed by atoms with Gasteiger partial charge in [0, 0.05) is 22.6 Å². The third-order valence-electron chi connectivity index (χ3n) is 6.24. The largest absolute Gasteiger partial charge is 0.458 e. The van der Waals surface area contributed by atoms with Gasteiger partial charge in [-0.1, -0.05) is 6.92 Å². The summed E-state index contributed by atoms with van der Waals surface area (Å²) in [4.78, 5) is 30.0. The maximum absolute atomic E-state index is 14.0. The number of hydrogen-bond acceptors (Lipinski definition) is 6. The number of carbonyl (C=O) groups is 1. The van der Waals surface area contributed by atoms with Crippen LogP contribution in [0.1, 0.15) is 35.6 Å². The second-order valence-electron chi connectivity index (χ2n) is 7.84. The molecular formula is C22H19F2N3O4. The highest BCUT2D eigenvalue weighted by atomic mass is 19.2. The quantitative estimate of drug-likeness (QED) is 0.484. The average Bonchev–Trinajstić information content (AvgIpc) is 3.11. The van der Waals surface area contributed by atoms with Crippen molar-refractivity contribution in [2.45, 2.75) is 38.5 Å². The molecule has 160 valence electrons. The molecule has 3 aromatic rings. The lowest BCUT2D eigenvalue weighted by atomic mass is 9.86. The highest BCUT2D eigenvalue weighted by Crippen LogP contribution is 2.40. The molecule has 7 nitrogen and oxygen atoms in total. The Labute approximate surface area is 175 Å². The lowest BCUT2D eigenvalue weighted by molar-refractivity contribution is -0.172. The fourth-order valence-corrected chi connectivity index (χ4v) is 4.59. The van der Waals surface area contributed by atoms with Crippen molar-refractivity contribution in [3.8, 4) is 11.4 Å². The molecule has 0 radical (unpaired) electrons. The van der Waals surface area contributed by atoms with Crippen LogP contribution in [0.15, 0.2) is 23.0 Å². The first kappa shape index (κ1) is 19.8. The number of nitrogens with zero attached hydrogens (tertiary/aromatic N) is 2. The molecule has 0 bridgehead atoms. The van der Waals surface area contributed by atoms with Gasteiger partial charge in [0.2, 0.25) is 0 Å². The minimum Gasteiger partial charge on any atom is -0.458 e. The van der Waals surface area contributed by atoms with Crippen LogP contribution in [-0.2, 0) is 34.7 Å². The van der Waals surface area contributed by atoms with Crippen LogP contribution in [0.5, 0.6) is 0 Å². The molecule has 2 aliphatic heterocycles. The van der Waals surface area contributed by atoms with Crippen LogP contribution >= 0.6 is 0 Å². The molecule has 0 aliphatic carbocycles. The zero-order valence-electron chi connectivity index (χ0n) is 16.7. The molecule has 1 atom stereocenters. The maximum atomic E-state index is 14.0. The molecule has 0 unspecified atom stereocenters. The Morgan fingerprint density at radius 1 is 1.23 bits per heavy atom. The number of carbonyl (C=O) groups excluding carboxylic acids is 1. The minimum atomic E-state index is -1.93. The number of fused-ring (bicyclic) bond motifs is 5. The first-order valence-corrected chi connectivity index (χ1v) is 9.97. The molecule has 0 spiro atoms. The molecule has 0 saturated heterocycles. The third-order valence-corrected chi connectivity index (χ3v) is 6.24. The second-order valence-corrected chi connectivity index (χ2v) is 7.84. The number of ether oxygens (including phenoxy) is 1. The van der Waals surface area contributed by atoms with Crippen molar-refractivity contribution in [1.82, 2.24) is 9.55 Å². The van der Waals surface area contributed by atoms with Crippen molar-refractivity contribution in [3.63, 3.8) is 0 Å². The van der Waals surface area contributed by atoms with Gasteiger partial charge in [-0.15, -0.1) is 0 Å². The molecule has 2 aliphatic rings. The smallest absolute Gasteiger partial charge is 0.343 e. The Morgan fingerprint density at radius 3 is 2.68 bits per heavy atom. The van der Waals surface area contributed by atoms with Crippen molar-refractivity contribution in [2.75, 3.05) is 6.54 Å². The number of rotatable bonds is 3. The highest BCUT2D eigenvalue weighted by molar-refractivity contribution is 5.89. The molecule has 1 aromatic carbocycles. The predicted molar refractivity (Wildman–Crippen MR) is 107 cm³/mol. The Morgan fingerprint density at radius 2 is 1.97 bits per heavy atom. The summed E-state index contributed by atoms with van der Waals surface area (Å²) in [6, 6.07) is 3.70. The topological polar surface area (TPSA) is 107 Å². The second kappa shape index (κ2) is 6.66. The Hall–Kier alpha value is -3.17. The highest BCUT2D eigenvalue weighted by Gasteiger charge is 2.45. The average molecular weight is 427 g/mol. The number of aliphatic hydroxyl groups is 1. The molecule has 0 saturated carbocycles. The molecular weight excluding hydrogens is 408 g/mol. The van der Waals surface area contributed by atoms with E-state index >= 15 is 0 Å². The van der Waals surface area contributed by atoms with Crippen molar-refractivity contribution < 1.29 is 23.4 Å². The Kier molecular flexibility index (Phi) is 4.25. The third kappa shape index (κ3) is 2.60. The molecule has 2 aromatic heterocycles. The van der Waals surface area contributed by atoms with E-state index in [0.717, 1.165) is 12.1 Å². The van der Waals surface area contributed by atoms with E-state index in [2.05, 4.69) is 4.98 Å². The lowest BCUT2D eigenvalue weighted by Crippen LogP contribution is -2.44. The monoisotopic (exact) mass is 427 g/mol. The number of benzene rings is 1. The van der Waals surface area contributed by atoms with Gasteiger partial charge in [0.15, 0.2) is 17.2 Å². The van der Waals surface area contributed by atoms with E-state index in [0.29, 0.717) is 34.3 Å². The van der Waals surface area contributed by atoms with E-state index in [1.54, 1.807) is 13.0 Å². The van der Waals surface area contributed by atoms with Crippen LogP contribution in [-0.4, -0.2) is 27.2 Å². The van der Waals surface area contributed by atoms with Gasteiger partial charge in [0.1, 0.15) is 6.61 Å². The fourth-order valence-electron chi connectivity index (χ4n) is 4.59. The molecule has 0 amide bonds. The van der Waals surface area contributed by atoms with Gasteiger partial charge in [-0.2, -0.15) is 0 Å². The van der Waals surface area contributed by atoms with Crippen LogP contribution in [0.3, 0.4) is 0 Å². The summed E-state index contributed by atoms with van der Waals surface area (Å²) < 4.78 is 34.4. The minimum absolute atomic E-state index is 0.0304. The predicted octanol–water partition coefficient (Wildman–Crippen LogP) is 1.86. The maximum Gasteiger partial charge on any atom is 0.343 e. The Bertz CT molecular complexity index is 1350. The van der Waals surface area contributed by atoms with Crippen molar-refractivity contribution in [3.05, 3.63) is 62.4 Å². The first-order valence-electron chi connectivity index (χ1n) is 9.97. The standard InChI is InChI=1S/C22H19F2N3O4/c1-2-22(30)14-6-18-19-12(8-27(18)20(28)13(14)9-31-21(22)29)10(3-4-25)11-5-15(23)16(24)7-17(11)26-19/h5-7,30H,2-4,8-9,25H2,1H3/t22-/m0/s1. The lowest BCUT2D eigenvalue weighted by Gasteiger charge is -2.31. The van der Waals surface area contributed by atoms with Gasteiger partial charge in [-0.05, 0) is 37.1 Å². The van der Waals surface area contributed by atoms with E-state index in [1.165, 1.54) is 4.57 Å². The summed E-state index contributed by atoms with van der Waals surface area (Å²) in [6.45, 7) is 1.84. The van der Waals surface area contributed by atoms with E-state index in [-0.39, 0.29) is 42.8 Å². The number of esters is 1. The summed E-state index contributed by atoms with van der Waals surface area (Å²) in [7, 11) is 0. The SMILES string of the molecule is CC[C@@]1(O)C(=O)OCc2c1cc1n(c2=O)Cc2c-1nc1cc(F)c(F)cc1c2CCN. The zero-order valence-corrected chi connectivity index (χ0v) is 16.7. The van der Waals surface area contributed by atoms with E-state index in [4.69, 9.17) is 10.5 Å². The Balaban J connectivity index is 1.84. The van der Waals surface area contributed by atoms with E-state index < -0.39 is 28.8 Å². The van der Waals surface area contributed by atoms with Gasteiger partial charge < -0.3 is 20.1 Å². The molecule has 5 rings (SSSR count). The summed E-state index contributed by atoms with van der Waals surface area (Å²) >= 11 is 0. The van der Waals surface area contributed by atoms with Crippen molar-refractivity contribution >= 4 is 16.9 Å².